The van der Waals surface area contributed by atoms with Crippen molar-refractivity contribution in [2.75, 3.05) is 5.32 Å². The average molecular weight is 383 g/mol. The Kier molecular flexibility index (Phi) is 4.83. The van der Waals surface area contributed by atoms with E-state index in [1.807, 2.05) is 42.8 Å². The lowest BCUT2D eigenvalue weighted by atomic mass is 9.92. The monoisotopic (exact) mass is 383 g/mol. The summed E-state index contributed by atoms with van der Waals surface area (Å²) in [6, 6.07) is 6.05. The SMILES string of the molecule is C/C=C(/c1ccn2nccc2c1)c1cnc(NC2CCC(F)(F)CC2)nc1C. The van der Waals surface area contributed by atoms with Gasteiger partial charge < -0.3 is 5.32 Å². The molecule has 146 valence electrons. The number of aryl methyl sites for hydroxylation is 1. The molecular formula is C21H23F2N5. The van der Waals surface area contributed by atoms with Gasteiger partial charge in [0.15, 0.2) is 0 Å². The van der Waals surface area contributed by atoms with E-state index in [-0.39, 0.29) is 18.9 Å². The highest BCUT2D eigenvalue weighted by Gasteiger charge is 2.35. The van der Waals surface area contributed by atoms with E-state index in [2.05, 4.69) is 26.4 Å². The van der Waals surface area contributed by atoms with Crippen LogP contribution in [0.2, 0.25) is 0 Å². The standard InChI is InChI=1S/C21H23F2N5/c1-3-18(15-7-11-28-17(12-15)6-10-25-28)19-13-24-20(26-14(19)2)27-16-4-8-21(22,23)9-5-16/h3,6-7,10-13,16H,4-5,8-9H2,1-2H3,(H,24,26,27)/b18-3-. The third-order valence-electron chi connectivity index (χ3n) is 5.32. The Morgan fingerprint density at radius 1 is 1.29 bits per heavy atom. The van der Waals surface area contributed by atoms with Gasteiger partial charge in [0, 0.05) is 43.0 Å². The number of aromatic nitrogens is 4. The van der Waals surface area contributed by atoms with Gasteiger partial charge >= 0.3 is 0 Å². The molecule has 28 heavy (non-hydrogen) atoms. The quantitative estimate of drug-likeness (QED) is 0.698. The fourth-order valence-electron chi connectivity index (χ4n) is 3.73. The zero-order chi connectivity index (χ0) is 19.7. The van der Waals surface area contributed by atoms with E-state index >= 15 is 0 Å². The Morgan fingerprint density at radius 3 is 2.79 bits per heavy atom. The summed E-state index contributed by atoms with van der Waals surface area (Å²) in [5.41, 5.74) is 4.93. The van der Waals surface area contributed by atoms with Crippen molar-refractivity contribution < 1.29 is 8.78 Å². The second kappa shape index (κ2) is 7.30. The molecule has 0 aliphatic heterocycles. The maximum Gasteiger partial charge on any atom is 0.248 e. The molecule has 1 fully saturated rings. The molecule has 4 rings (SSSR count). The lowest BCUT2D eigenvalue weighted by Gasteiger charge is -2.28. The van der Waals surface area contributed by atoms with Crippen molar-refractivity contribution in [3.8, 4) is 0 Å². The van der Waals surface area contributed by atoms with Gasteiger partial charge in [-0.3, -0.25) is 0 Å². The minimum absolute atomic E-state index is 0.00432. The van der Waals surface area contributed by atoms with Crippen LogP contribution in [0.1, 0.15) is 49.4 Å². The van der Waals surface area contributed by atoms with E-state index in [4.69, 9.17) is 0 Å². The number of fused-ring (bicyclic) bond motifs is 1. The molecule has 0 unspecified atom stereocenters. The molecule has 1 saturated carbocycles. The predicted molar refractivity (Wildman–Crippen MR) is 106 cm³/mol. The summed E-state index contributed by atoms with van der Waals surface area (Å²) in [4.78, 5) is 9.03. The molecule has 0 saturated heterocycles. The maximum atomic E-state index is 13.3. The van der Waals surface area contributed by atoms with Crippen LogP contribution < -0.4 is 5.32 Å². The van der Waals surface area contributed by atoms with Crippen molar-refractivity contribution in [1.82, 2.24) is 19.6 Å². The second-order valence-electron chi connectivity index (χ2n) is 7.29. The summed E-state index contributed by atoms with van der Waals surface area (Å²) >= 11 is 0. The van der Waals surface area contributed by atoms with E-state index in [1.54, 1.807) is 12.4 Å². The highest BCUT2D eigenvalue weighted by atomic mass is 19.3. The molecule has 0 atom stereocenters. The van der Waals surface area contributed by atoms with Gasteiger partial charge in [-0.1, -0.05) is 6.08 Å². The average Bonchev–Trinajstić information content (AvgIpc) is 3.14. The number of rotatable bonds is 4. The minimum atomic E-state index is -2.53. The Morgan fingerprint density at radius 2 is 2.07 bits per heavy atom. The van der Waals surface area contributed by atoms with Crippen LogP contribution in [0, 0.1) is 6.92 Å². The van der Waals surface area contributed by atoms with Gasteiger partial charge in [0.05, 0.1) is 11.2 Å². The van der Waals surface area contributed by atoms with Crippen molar-refractivity contribution in [2.24, 2.45) is 0 Å². The summed E-state index contributed by atoms with van der Waals surface area (Å²) in [6.45, 7) is 3.93. The van der Waals surface area contributed by atoms with Crippen LogP contribution in [0.4, 0.5) is 14.7 Å². The number of allylic oxidation sites excluding steroid dienone is 1. The minimum Gasteiger partial charge on any atom is -0.351 e. The van der Waals surface area contributed by atoms with E-state index < -0.39 is 5.92 Å². The van der Waals surface area contributed by atoms with Gasteiger partial charge in [0.2, 0.25) is 11.9 Å². The maximum absolute atomic E-state index is 13.3. The third-order valence-corrected chi connectivity index (χ3v) is 5.32. The molecule has 0 bridgehead atoms. The van der Waals surface area contributed by atoms with Gasteiger partial charge in [-0.25, -0.2) is 23.3 Å². The van der Waals surface area contributed by atoms with Crippen molar-refractivity contribution in [1.29, 1.82) is 0 Å². The summed E-state index contributed by atoms with van der Waals surface area (Å²) in [6.07, 6.45) is 8.25. The Balaban J connectivity index is 1.54. The van der Waals surface area contributed by atoms with Crippen LogP contribution in [-0.2, 0) is 0 Å². The van der Waals surface area contributed by atoms with Gasteiger partial charge in [-0.05, 0) is 56.0 Å². The molecular weight excluding hydrogens is 360 g/mol. The molecule has 3 heterocycles. The van der Waals surface area contributed by atoms with Crippen molar-refractivity contribution in [3.05, 3.63) is 59.7 Å². The molecule has 3 aromatic rings. The number of pyridine rings is 1. The number of nitrogens with one attached hydrogen (secondary N) is 1. The van der Waals surface area contributed by atoms with Crippen molar-refractivity contribution in [2.45, 2.75) is 51.5 Å². The zero-order valence-corrected chi connectivity index (χ0v) is 16.0. The Labute approximate surface area is 162 Å². The van der Waals surface area contributed by atoms with Gasteiger partial charge in [-0.15, -0.1) is 0 Å². The van der Waals surface area contributed by atoms with E-state index in [9.17, 15) is 8.78 Å². The van der Waals surface area contributed by atoms with Crippen LogP contribution in [0.15, 0.2) is 42.9 Å². The Hall–Kier alpha value is -2.83. The molecule has 3 aromatic heterocycles. The number of hydrogen-bond donors (Lipinski definition) is 1. The largest absolute Gasteiger partial charge is 0.351 e. The molecule has 0 amide bonds. The van der Waals surface area contributed by atoms with Gasteiger partial charge in [0.25, 0.3) is 0 Å². The molecule has 1 aliphatic rings. The summed E-state index contributed by atoms with van der Waals surface area (Å²) in [7, 11) is 0. The molecule has 0 spiro atoms. The number of halogens is 2. The third kappa shape index (κ3) is 3.74. The summed E-state index contributed by atoms with van der Waals surface area (Å²) in [5, 5.41) is 7.45. The van der Waals surface area contributed by atoms with Crippen molar-refractivity contribution >= 4 is 17.0 Å². The van der Waals surface area contributed by atoms with Crippen molar-refractivity contribution in [3.63, 3.8) is 0 Å². The summed E-state index contributed by atoms with van der Waals surface area (Å²) in [5.74, 6) is -2.03. The van der Waals surface area contributed by atoms with Crippen LogP contribution in [0.3, 0.4) is 0 Å². The van der Waals surface area contributed by atoms with E-state index in [0.29, 0.717) is 18.8 Å². The van der Waals surface area contributed by atoms with Crippen LogP contribution in [0.25, 0.3) is 11.1 Å². The number of hydrogen-bond acceptors (Lipinski definition) is 4. The van der Waals surface area contributed by atoms with Gasteiger partial charge in [-0.2, -0.15) is 5.10 Å². The highest BCUT2D eigenvalue weighted by molar-refractivity contribution is 5.81. The molecule has 0 aromatic carbocycles. The summed E-state index contributed by atoms with van der Waals surface area (Å²) < 4.78 is 28.5. The van der Waals surface area contributed by atoms with Gasteiger partial charge in [0.1, 0.15) is 0 Å². The fraction of sp³-hybridized carbons (Fsp3) is 0.381. The first kappa shape index (κ1) is 18.5. The number of nitrogens with zero attached hydrogens (tertiary/aromatic N) is 4. The number of alkyl halides is 2. The lowest BCUT2D eigenvalue weighted by Crippen LogP contribution is -2.32. The van der Waals surface area contributed by atoms with E-state index in [1.165, 1.54) is 0 Å². The Bertz CT molecular complexity index is 1010. The van der Waals surface area contributed by atoms with Crippen LogP contribution in [-0.4, -0.2) is 31.5 Å². The molecule has 0 radical (unpaired) electrons. The molecule has 1 aliphatic carbocycles. The fourth-order valence-corrected chi connectivity index (χ4v) is 3.73. The lowest BCUT2D eigenvalue weighted by molar-refractivity contribution is -0.0361. The first-order valence-corrected chi connectivity index (χ1v) is 9.54. The van der Waals surface area contributed by atoms with Crippen LogP contribution in [0.5, 0.6) is 0 Å². The normalized spacial score (nSPS) is 17.8. The topological polar surface area (TPSA) is 55.1 Å². The first-order valence-electron chi connectivity index (χ1n) is 9.54. The molecule has 7 heteroatoms. The van der Waals surface area contributed by atoms with E-state index in [0.717, 1.165) is 27.9 Å². The highest BCUT2D eigenvalue weighted by Crippen LogP contribution is 2.34. The first-order chi connectivity index (χ1) is 13.4. The molecule has 1 N–H and O–H groups in total. The van der Waals surface area contributed by atoms with Crippen LogP contribution >= 0.6 is 0 Å². The smallest absolute Gasteiger partial charge is 0.248 e. The zero-order valence-electron chi connectivity index (χ0n) is 16.0. The number of anilines is 1. The predicted octanol–water partition coefficient (Wildman–Crippen LogP) is 4.87. The second-order valence-corrected chi connectivity index (χ2v) is 7.29. The molecule has 5 nitrogen and oxygen atoms in total.